The number of amides is 2. The molecule has 0 bridgehead atoms. The van der Waals surface area contributed by atoms with Crippen LogP contribution in [-0.2, 0) is 9.59 Å². The van der Waals surface area contributed by atoms with Gasteiger partial charge in [0.1, 0.15) is 0 Å². The van der Waals surface area contributed by atoms with Crippen LogP contribution in [-0.4, -0.2) is 27.5 Å². The average molecular weight is 365 g/mol. The Kier molecular flexibility index (Phi) is 5.03. The van der Waals surface area contributed by atoms with Gasteiger partial charge in [-0.3, -0.25) is 9.59 Å². The number of anilines is 2. The molecule has 2 amide bonds. The molecular weight excluding hydrogens is 342 g/mol. The summed E-state index contributed by atoms with van der Waals surface area (Å²) in [7, 11) is 0. The summed E-state index contributed by atoms with van der Waals surface area (Å²) in [5, 5.41) is 8.24. The summed E-state index contributed by atoms with van der Waals surface area (Å²) in [6.07, 6.45) is 0. The van der Waals surface area contributed by atoms with Gasteiger partial charge in [0, 0.05) is 17.1 Å². The predicted molar refractivity (Wildman–Crippen MR) is 105 cm³/mol. The van der Waals surface area contributed by atoms with E-state index in [0.29, 0.717) is 11.4 Å². The SMILES string of the molecule is CC1=NN(c2nc(C)cc(C)n2)C(=O)[C@@H]1C(=O)Nc1ccccc1C(C)C. The number of hydrogen-bond acceptors (Lipinski definition) is 5. The molecule has 1 atom stereocenters. The van der Waals surface area contributed by atoms with Crippen LogP contribution in [0.4, 0.5) is 11.6 Å². The number of aryl methyl sites for hydroxylation is 2. The van der Waals surface area contributed by atoms with Crippen molar-refractivity contribution in [2.45, 2.75) is 40.5 Å². The fourth-order valence-electron chi connectivity index (χ4n) is 3.13. The van der Waals surface area contributed by atoms with Gasteiger partial charge in [0.15, 0.2) is 5.92 Å². The normalized spacial score (nSPS) is 16.7. The van der Waals surface area contributed by atoms with Crippen molar-refractivity contribution in [3.8, 4) is 0 Å². The minimum atomic E-state index is -0.991. The average Bonchev–Trinajstić information content (AvgIpc) is 2.89. The van der Waals surface area contributed by atoms with Gasteiger partial charge in [-0.25, -0.2) is 9.97 Å². The summed E-state index contributed by atoms with van der Waals surface area (Å²) in [4.78, 5) is 34.2. The highest BCUT2D eigenvalue weighted by Crippen LogP contribution is 2.26. The molecule has 1 N–H and O–H groups in total. The molecule has 1 aromatic heterocycles. The Hall–Kier alpha value is -3.09. The van der Waals surface area contributed by atoms with E-state index in [4.69, 9.17) is 0 Å². The largest absolute Gasteiger partial charge is 0.325 e. The van der Waals surface area contributed by atoms with Gasteiger partial charge >= 0.3 is 0 Å². The third-order valence-corrected chi connectivity index (χ3v) is 4.39. The van der Waals surface area contributed by atoms with E-state index >= 15 is 0 Å². The predicted octanol–water partition coefficient (Wildman–Crippen LogP) is 3.19. The van der Waals surface area contributed by atoms with Gasteiger partial charge in [-0.15, -0.1) is 0 Å². The van der Waals surface area contributed by atoms with E-state index in [9.17, 15) is 9.59 Å². The molecule has 0 radical (unpaired) electrons. The lowest BCUT2D eigenvalue weighted by molar-refractivity contribution is -0.127. The van der Waals surface area contributed by atoms with Crippen LogP contribution in [0.15, 0.2) is 35.4 Å². The topological polar surface area (TPSA) is 87.6 Å². The molecule has 7 heteroatoms. The highest BCUT2D eigenvalue weighted by molar-refractivity contribution is 6.28. The molecule has 0 saturated heterocycles. The van der Waals surface area contributed by atoms with Crippen LogP contribution in [0, 0.1) is 19.8 Å². The fraction of sp³-hybridized carbons (Fsp3) is 0.350. The maximum Gasteiger partial charge on any atom is 0.268 e. The number of nitrogens with zero attached hydrogens (tertiary/aromatic N) is 4. The number of rotatable bonds is 4. The lowest BCUT2D eigenvalue weighted by atomic mass is 9.99. The van der Waals surface area contributed by atoms with E-state index in [0.717, 1.165) is 22.0 Å². The summed E-state index contributed by atoms with van der Waals surface area (Å²) < 4.78 is 0. The maximum atomic E-state index is 12.9. The van der Waals surface area contributed by atoms with Crippen molar-refractivity contribution in [2.24, 2.45) is 11.0 Å². The number of aromatic nitrogens is 2. The molecule has 0 spiro atoms. The Balaban J connectivity index is 1.85. The van der Waals surface area contributed by atoms with Crippen LogP contribution in [0.3, 0.4) is 0 Å². The maximum absolute atomic E-state index is 12.9. The van der Waals surface area contributed by atoms with Gasteiger partial charge < -0.3 is 5.32 Å². The minimum Gasteiger partial charge on any atom is -0.325 e. The standard InChI is InChI=1S/C20H23N5O2/c1-11(2)15-8-6-7-9-16(15)23-18(26)17-14(5)24-25(19(17)27)20-21-12(3)10-13(4)22-20/h6-11,17H,1-5H3,(H,23,26)/t17-/m0/s1. The Morgan fingerprint density at radius 2 is 1.74 bits per heavy atom. The molecule has 27 heavy (non-hydrogen) atoms. The quantitative estimate of drug-likeness (QED) is 0.843. The number of nitrogens with one attached hydrogen (secondary N) is 1. The van der Waals surface area contributed by atoms with E-state index in [1.807, 2.05) is 44.2 Å². The van der Waals surface area contributed by atoms with E-state index in [-0.39, 0.29) is 11.9 Å². The number of hydrazone groups is 1. The molecule has 0 unspecified atom stereocenters. The molecule has 2 aromatic rings. The van der Waals surface area contributed by atoms with Crippen LogP contribution in [0.25, 0.3) is 0 Å². The van der Waals surface area contributed by atoms with Crippen LogP contribution < -0.4 is 10.3 Å². The molecule has 140 valence electrons. The molecular formula is C20H23N5O2. The first kappa shape index (κ1) is 18.7. The van der Waals surface area contributed by atoms with Crippen molar-refractivity contribution < 1.29 is 9.59 Å². The number of benzene rings is 1. The lowest BCUT2D eigenvalue weighted by Crippen LogP contribution is -2.37. The molecule has 1 aliphatic heterocycles. The first-order chi connectivity index (χ1) is 12.8. The zero-order valence-electron chi connectivity index (χ0n) is 16.1. The van der Waals surface area contributed by atoms with Crippen molar-refractivity contribution in [3.05, 3.63) is 47.3 Å². The van der Waals surface area contributed by atoms with Crippen molar-refractivity contribution >= 4 is 29.2 Å². The Labute approximate surface area is 158 Å². The summed E-state index contributed by atoms with van der Waals surface area (Å²) in [5.41, 5.74) is 3.61. The Bertz CT molecular complexity index is 915. The monoisotopic (exact) mass is 365 g/mol. The first-order valence-corrected chi connectivity index (χ1v) is 8.89. The molecule has 2 heterocycles. The van der Waals surface area contributed by atoms with Gasteiger partial charge in [-0.05, 0) is 44.4 Å². The molecule has 1 aromatic carbocycles. The highest BCUT2D eigenvalue weighted by Gasteiger charge is 2.41. The van der Waals surface area contributed by atoms with Crippen molar-refractivity contribution in [3.63, 3.8) is 0 Å². The second-order valence-corrected chi connectivity index (χ2v) is 7.01. The van der Waals surface area contributed by atoms with E-state index in [1.54, 1.807) is 6.92 Å². The molecule has 0 saturated carbocycles. The molecule has 0 fully saturated rings. The second kappa shape index (κ2) is 7.26. The van der Waals surface area contributed by atoms with Crippen molar-refractivity contribution in [1.29, 1.82) is 0 Å². The van der Waals surface area contributed by atoms with Crippen molar-refractivity contribution in [2.75, 3.05) is 10.3 Å². The summed E-state index contributed by atoms with van der Waals surface area (Å²) in [5.74, 6) is -1.40. The Morgan fingerprint density at radius 1 is 1.11 bits per heavy atom. The first-order valence-electron chi connectivity index (χ1n) is 8.89. The van der Waals surface area contributed by atoms with Gasteiger partial charge in [0.2, 0.25) is 5.91 Å². The molecule has 7 nitrogen and oxygen atoms in total. The van der Waals surface area contributed by atoms with Gasteiger partial charge in [-0.2, -0.15) is 10.1 Å². The summed E-state index contributed by atoms with van der Waals surface area (Å²) in [6, 6.07) is 9.40. The zero-order chi connectivity index (χ0) is 19.7. The van der Waals surface area contributed by atoms with Crippen LogP contribution in [0.5, 0.6) is 0 Å². The third-order valence-electron chi connectivity index (χ3n) is 4.39. The summed E-state index contributed by atoms with van der Waals surface area (Å²) >= 11 is 0. The third kappa shape index (κ3) is 3.72. The Morgan fingerprint density at radius 3 is 2.37 bits per heavy atom. The van der Waals surface area contributed by atoms with E-state index < -0.39 is 17.7 Å². The van der Waals surface area contributed by atoms with Crippen LogP contribution in [0.1, 0.15) is 43.6 Å². The van der Waals surface area contributed by atoms with Gasteiger partial charge in [0.25, 0.3) is 11.9 Å². The van der Waals surface area contributed by atoms with Crippen LogP contribution >= 0.6 is 0 Å². The van der Waals surface area contributed by atoms with E-state index in [2.05, 4.69) is 34.2 Å². The van der Waals surface area contributed by atoms with Crippen LogP contribution in [0.2, 0.25) is 0 Å². The van der Waals surface area contributed by atoms with Gasteiger partial charge in [0.05, 0.1) is 5.71 Å². The number of carbonyl (C=O) groups excluding carboxylic acids is 2. The van der Waals surface area contributed by atoms with Gasteiger partial charge in [-0.1, -0.05) is 32.0 Å². The summed E-state index contributed by atoms with van der Waals surface area (Å²) in [6.45, 7) is 9.42. The molecule has 0 aliphatic carbocycles. The molecule has 1 aliphatic rings. The fourth-order valence-corrected chi connectivity index (χ4v) is 3.13. The second-order valence-electron chi connectivity index (χ2n) is 7.01. The zero-order valence-corrected chi connectivity index (χ0v) is 16.1. The number of hydrogen-bond donors (Lipinski definition) is 1. The minimum absolute atomic E-state index is 0.190. The lowest BCUT2D eigenvalue weighted by Gasteiger charge is -2.16. The number of carbonyl (C=O) groups is 2. The number of para-hydroxylation sites is 1. The smallest absolute Gasteiger partial charge is 0.268 e. The molecule has 3 rings (SSSR count). The van der Waals surface area contributed by atoms with E-state index in [1.165, 1.54) is 0 Å². The van der Waals surface area contributed by atoms with Crippen molar-refractivity contribution in [1.82, 2.24) is 9.97 Å². The highest BCUT2D eigenvalue weighted by atomic mass is 16.2.